The van der Waals surface area contributed by atoms with E-state index in [1.807, 2.05) is 23.6 Å². The van der Waals surface area contributed by atoms with E-state index in [1.165, 1.54) is 11.8 Å². The van der Waals surface area contributed by atoms with E-state index >= 15 is 0 Å². The van der Waals surface area contributed by atoms with Crippen molar-refractivity contribution in [2.45, 2.75) is 5.16 Å². The maximum atomic E-state index is 11.8. The number of H-pyrrole nitrogens is 1. The van der Waals surface area contributed by atoms with Crippen molar-refractivity contribution in [1.29, 1.82) is 0 Å². The molecule has 3 rings (SSSR count). The van der Waals surface area contributed by atoms with Gasteiger partial charge in [-0.25, -0.2) is 4.98 Å². The molecule has 7 nitrogen and oxygen atoms in total. The highest BCUT2D eigenvalue weighted by Crippen LogP contribution is 2.22. The Morgan fingerprint density at radius 3 is 2.71 bits per heavy atom. The number of aromatic nitrogens is 3. The summed E-state index contributed by atoms with van der Waals surface area (Å²) in [6, 6.07) is 12.5. The zero-order chi connectivity index (χ0) is 16.8. The second kappa shape index (κ2) is 7.75. The average Bonchev–Trinajstić information content (AvgIpc) is 3.29. The van der Waals surface area contributed by atoms with Gasteiger partial charge in [0.25, 0.3) is 5.91 Å². The van der Waals surface area contributed by atoms with E-state index in [-0.39, 0.29) is 17.6 Å². The molecule has 0 fully saturated rings. The lowest BCUT2D eigenvalue weighted by atomic mass is 10.2. The van der Waals surface area contributed by atoms with Gasteiger partial charge in [-0.15, -0.1) is 16.4 Å². The van der Waals surface area contributed by atoms with Crippen LogP contribution >= 0.6 is 23.1 Å². The Bertz CT molecular complexity index is 818. The van der Waals surface area contributed by atoms with E-state index in [1.54, 1.807) is 35.6 Å². The monoisotopic (exact) mass is 359 g/mol. The molecule has 2 heterocycles. The van der Waals surface area contributed by atoms with Crippen molar-refractivity contribution in [1.82, 2.24) is 26.0 Å². The third-order valence-corrected chi connectivity index (χ3v) is 4.63. The summed E-state index contributed by atoms with van der Waals surface area (Å²) in [6.45, 7) is 0. The molecule has 0 bridgehead atoms. The average molecular weight is 359 g/mol. The molecule has 0 spiro atoms. The second-order valence-electron chi connectivity index (χ2n) is 4.60. The number of benzene rings is 1. The van der Waals surface area contributed by atoms with Crippen LogP contribution in [0.1, 0.15) is 10.4 Å². The van der Waals surface area contributed by atoms with E-state index in [0.717, 1.165) is 4.88 Å². The summed E-state index contributed by atoms with van der Waals surface area (Å²) in [5, 5.41) is 9.31. The Kier molecular flexibility index (Phi) is 5.24. The molecule has 0 radical (unpaired) electrons. The zero-order valence-electron chi connectivity index (χ0n) is 12.4. The molecule has 3 N–H and O–H groups in total. The lowest BCUT2D eigenvalue weighted by molar-refractivity contribution is -0.119. The zero-order valence-corrected chi connectivity index (χ0v) is 14.0. The second-order valence-corrected chi connectivity index (χ2v) is 6.49. The molecule has 0 saturated heterocycles. The summed E-state index contributed by atoms with van der Waals surface area (Å²) >= 11 is 2.74. The van der Waals surface area contributed by atoms with Crippen molar-refractivity contribution in [2.75, 3.05) is 5.75 Å². The van der Waals surface area contributed by atoms with Gasteiger partial charge in [0.15, 0.2) is 5.82 Å². The summed E-state index contributed by atoms with van der Waals surface area (Å²) in [5.74, 6) is 0.0560. The Morgan fingerprint density at radius 2 is 1.96 bits per heavy atom. The minimum absolute atomic E-state index is 0.0941. The molecule has 2 aromatic heterocycles. The van der Waals surface area contributed by atoms with E-state index in [2.05, 4.69) is 26.0 Å². The number of carbonyl (C=O) groups excluding carboxylic acids is 2. The number of thiophene rings is 1. The first-order chi connectivity index (χ1) is 11.7. The van der Waals surface area contributed by atoms with E-state index in [0.29, 0.717) is 16.5 Å². The van der Waals surface area contributed by atoms with Crippen LogP contribution in [-0.4, -0.2) is 32.7 Å². The van der Waals surface area contributed by atoms with E-state index < -0.39 is 0 Å². The van der Waals surface area contributed by atoms with Crippen molar-refractivity contribution in [2.24, 2.45) is 0 Å². The van der Waals surface area contributed by atoms with E-state index in [4.69, 9.17) is 0 Å². The Morgan fingerprint density at radius 1 is 1.12 bits per heavy atom. The summed E-state index contributed by atoms with van der Waals surface area (Å²) < 4.78 is 0. The number of hydrazine groups is 1. The highest BCUT2D eigenvalue weighted by atomic mass is 32.2. The van der Waals surface area contributed by atoms with Gasteiger partial charge in [0.2, 0.25) is 11.1 Å². The third kappa shape index (κ3) is 4.21. The fourth-order valence-electron chi connectivity index (χ4n) is 1.79. The minimum atomic E-state index is -0.369. The molecule has 24 heavy (non-hydrogen) atoms. The molecular formula is C15H13N5O2S2. The molecule has 3 aromatic rings. The number of amides is 2. The number of rotatable bonds is 5. The van der Waals surface area contributed by atoms with Crippen LogP contribution in [0.15, 0.2) is 53.0 Å². The van der Waals surface area contributed by atoms with Crippen LogP contribution in [0.25, 0.3) is 10.7 Å². The smallest absolute Gasteiger partial charge is 0.269 e. The number of hydrogen-bond acceptors (Lipinski definition) is 6. The number of carbonyl (C=O) groups is 2. The number of hydrogen-bond donors (Lipinski definition) is 3. The largest absolute Gasteiger partial charge is 0.272 e. The molecule has 2 amide bonds. The van der Waals surface area contributed by atoms with Gasteiger partial charge in [0, 0.05) is 5.56 Å². The van der Waals surface area contributed by atoms with Crippen molar-refractivity contribution in [3.05, 3.63) is 53.4 Å². The lowest BCUT2D eigenvalue weighted by Crippen LogP contribution is -2.42. The van der Waals surface area contributed by atoms with Crippen molar-refractivity contribution in [3.63, 3.8) is 0 Å². The third-order valence-electron chi connectivity index (χ3n) is 2.90. The van der Waals surface area contributed by atoms with Crippen LogP contribution in [0.5, 0.6) is 0 Å². The van der Waals surface area contributed by atoms with Crippen LogP contribution < -0.4 is 10.9 Å². The number of nitrogens with zero attached hydrogens (tertiary/aromatic N) is 2. The molecule has 9 heteroatoms. The summed E-state index contributed by atoms with van der Waals surface area (Å²) in [6.07, 6.45) is 0. The Labute approximate surface area is 145 Å². The summed E-state index contributed by atoms with van der Waals surface area (Å²) in [4.78, 5) is 28.9. The van der Waals surface area contributed by atoms with Crippen LogP contribution in [0.3, 0.4) is 0 Å². The molecule has 0 unspecified atom stereocenters. The van der Waals surface area contributed by atoms with Gasteiger partial charge in [0.05, 0.1) is 10.6 Å². The molecule has 1 aromatic carbocycles. The van der Waals surface area contributed by atoms with Gasteiger partial charge in [-0.1, -0.05) is 36.0 Å². The lowest BCUT2D eigenvalue weighted by Gasteiger charge is -2.06. The molecule has 0 aliphatic heterocycles. The van der Waals surface area contributed by atoms with Gasteiger partial charge in [-0.05, 0) is 23.6 Å². The SMILES string of the molecule is O=C(CSc1n[nH]c(-c2cccs2)n1)NNC(=O)c1ccccc1. The quantitative estimate of drug-likeness (QED) is 0.478. The normalized spacial score (nSPS) is 10.3. The summed E-state index contributed by atoms with van der Waals surface area (Å²) in [7, 11) is 0. The van der Waals surface area contributed by atoms with Crippen LogP contribution in [-0.2, 0) is 4.79 Å². The Balaban J connectivity index is 1.45. The van der Waals surface area contributed by atoms with Crippen LogP contribution in [0.2, 0.25) is 0 Å². The standard InChI is InChI=1S/C15H13N5O2S2/c21-12(17-19-14(22)10-5-2-1-3-6-10)9-24-15-16-13(18-20-15)11-7-4-8-23-11/h1-8H,9H2,(H,17,21)(H,19,22)(H,16,18,20). The molecule has 0 aliphatic rings. The molecule has 0 aliphatic carbocycles. The van der Waals surface area contributed by atoms with Crippen molar-refractivity contribution < 1.29 is 9.59 Å². The number of nitrogens with one attached hydrogen (secondary N) is 3. The van der Waals surface area contributed by atoms with Crippen LogP contribution in [0, 0.1) is 0 Å². The summed E-state index contributed by atoms with van der Waals surface area (Å²) in [5.41, 5.74) is 5.20. The first-order valence-corrected chi connectivity index (χ1v) is 8.82. The predicted octanol–water partition coefficient (Wildman–Crippen LogP) is 2.09. The van der Waals surface area contributed by atoms with Gasteiger partial charge >= 0.3 is 0 Å². The minimum Gasteiger partial charge on any atom is -0.272 e. The van der Waals surface area contributed by atoms with Gasteiger partial charge in [-0.3, -0.25) is 25.5 Å². The van der Waals surface area contributed by atoms with Gasteiger partial charge in [0.1, 0.15) is 0 Å². The molecular weight excluding hydrogens is 346 g/mol. The number of aromatic amines is 1. The first kappa shape index (κ1) is 16.2. The topological polar surface area (TPSA) is 99.8 Å². The van der Waals surface area contributed by atoms with Gasteiger partial charge in [-0.2, -0.15) is 0 Å². The van der Waals surface area contributed by atoms with E-state index in [9.17, 15) is 9.59 Å². The Hall–Kier alpha value is -2.65. The van der Waals surface area contributed by atoms with Crippen LogP contribution in [0.4, 0.5) is 0 Å². The van der Waals surface area contributed by atoms with Crippen molar-refractivity contribution >= 4 is 34.9 Å². The fraction of sp³-hybridized carbons (Fsp3) is 0.0667. The van der Waals surface area contributed by atoms with Crippen molar-refractivity contribution in [3.8, 4) is 10.7 Å². The first-order valence-electron chi connectivity index (χ1n) is 6.95. The maximum Gasteiger partial charge on any atom is 0.269 e. The maximum absolute atomic E-state index is 11.8. The van der Waals surface area contributed by atoms with Gasteiger partial charge < -0.3 is 0 Å². The molecule has 0 saturated carbocycles. The molecule has 0 atom stereocenters. The highest BCUT2D eigenvalue weighted by Gasteiger charge is 2.10. The number of thioether (sulfide) groups is 1. The predicted molar refractivity (Wildman–Crippen MR) is 92.5 cm³/mol. The molecule has 122 valence electrons. The highest BCUT2D eigenvalue weighted by molar-refractivity contribution is 7.99. The fourth-order valence-corrected chi connectivity index (χ4v) is 3.05.